The number of rotatable bonds is 2. The molecule has 1 aliphatic heterocycles. The van der Waals surface area contributed by atoms with Crippen molar-refractivity contribution in [1.29, 1.82) is 5.26 Å². The summed E-state index contributed by atoms with van der Waals surface area (Å²) in [5.41, 5.74) is 1.12. The normalized spacial score (nSPS) is 26.4. The first-order valence-corrected chi connectivity index (χ1v) is 5.38. The zero-order valence-electron chi connectivity index (χ0n) is 9.11. The molecule has 0 N–H and O–H groups in total. The van der Waals surface area contributed by atoms with Gasteiger partial charge in [0.1, 0.15) is 0 Å². The van der Waals surface area contributed by atoms with E-state index in [-0.39, 0.29) is 5.41 Å². The van der Waals surface area contributed by atoms with E-state index in [1.54, 1.807) is 0 Å². The van der Waals surface area contributed by atoms with Crippen molar-refractivity contribution < 1.29 is 0 Å². The second-order valence-corrected chi connectivity index (χ2v) is 4.54. The molecule has 1 unspecified atom stereocenters. The van der Waals surface area contributed by atoms with Gasteiger partial charge in [-0.2, -0.15) is 5.26 Å². The molecule has 1 atom stereocenters. The highest BCUT2D eigenvalue weighted by Crippen LogP contribution is 2.32. The molecule has 1 aromatic carbocycles. The van der Waals surface area contributed by atoms with Crippen LogP contribution in [0.1, 0.15) is 12.0 Å². The van der Waals surface area contributed by atoms with Gasteiger partial charge in [-0.1, -0.05) is 30.3 Å². The average Bonchev–Trinajstić information content (AvgIpc) is 2.62. The largest absolute Gasteiger partial charge is 0.305 e. The van der Waals surface area contributed by atoms with Crippen LogP contribution in [-0.4, -0.2) is 25.0 Å². The molecule has 0 bridgehead atoms. The third kappa shape index (κ3) is 2.19. The van der Waals surface area contributed by atoms with Gasteiger partial charge in [-0.05, 0) is 32.0 Å². The van der Waals surface area contributed by atoms with E-state index >= 15 is 0 Å². The van der Waals surface area contributed by atoms with Crippen LogP contribution in [0, 0.1) is 16.7 Å². The van der Waals surface area contributed by atoms with E-state index in [4.69, 9.17) is 0 Å². The fourth-order valence-corrected chi connectivity index (χ4v) is 2.34. The second-order valence-electron chi connectivity index (χ2n) is 4.54. The predicted molar refractivity (Wildman–Crippen MR) is 60.3 cm³/mol. The third-order valence-corrected chi connectivity index (χ3v) is 3.17. The minimum Gasteiger partial charge on any atom is -0.305 e. The second kappa shape index (κ2) is 4.04. The standard InChI is InChI=1S/C13H16N2/c1-15-8-7-13(10-14,11-15)9-12-5-3-2-4-6-12/h2-6H,7-9,11H2,1H3. The number of nitrogens with zero attached hydrogens (tertiary/aromatic N) is 2. The molecule has 1 fully saturated rings. The van der Waals surface area contributed by atoms with Crippen LogP contribution in [0.15, 0.2) is 30.3 Å². The van der Waals surface area contributed by atoms with Crippen molar-refractivity contribution in [2.24, 2.45) is 5.41 Å². The maximum atomic E-state index is 9.32. The first kappa shape index (κ1) is 10.2. The molecular weight excluding hydrogens is 184 g/mol. The molecule has 1 aliphatic rings. The average molecular weight is 200 g/mol. The fraction of sp³-hybridized carbons (Fsp3) is 0.462. The van der Waals surface area contributed by atoms with E-state index in [1.165, 1.54) is 5.56 Å². The minimum absolute atomic E-state index is 0.157. The molecule has 0 amide bonds. The highest BCUT2D eigenvalue weighted by Gasteiger charge is 2.36. The van der Waals surface area contributed by atoms with Crippen molar-refractivity contribution in [3.63, 3.8) is 0 Å². The zero-order valence-corrected chi connectivity index (χ0v) is 9.11. The minimum atomic E-state index is -0.157. The maximum Gasteiger partial charge on any atom is 0.0752 e. The van der Waals surface area contributed by atoms with Crippen molar-refractivity contribution in [1.82, 2.24) is 4.90 Å². The summed E-state index contributed by atoms with van der Waals surface area (Å²) in [5, 5.41) is 9.32. The predicted octanol–water partition coefficient (Wildman–Crippen LogP) is 2.07. The lowest BCUT2D eigenvalue weighted by Crippen LogP contribution is -2.25. The van der Waals surface area contributed by atoms with Crippen LogP contribution >= 0.6 is 0 Å². The summed E-state index contributed by atoms with van der Waals surface area (Å²) < 4.78 is 0. The van der Waals surface area contributed by atoms with Gasteiger partial charge in [-0.3, -0.25) is 0 Å². The van der Waals surface area contributed by atoms with Gasteiger partial charge in [0, 0.05) is 6.54 Å². The highest BCUT2D eigenvalue weighted by molar-refractivity contribution is 5.20. The Balaban J connectivity index is 2.14. The first-order valence-electron chi connectivity index (χ1n) is 5.38. The van der Waals surface area contributed by atoms with Gasteiger partial charge in [0.25, 0.3) is 0 Å². The van der Waals surface area contributed by atoms with E-state index in [0.717, 1.165) is 25.9 Å². The van der Waals surface area contributed by atoms with Crippen molar-refractivity contribution in [3.05, 3.63) is 35.9 Å². The summed E-state index contributed by atoms with van der Waals surface area (Å²) >= 11 is 0. The zero-order chi connectivity index (χ0) is 10.7. The smallest absolute Gasteiger partial charge is 0.0752 e. The number of hydrogen-bond acceptors (Lipinski definition) is 2. The summed E-state index contributed by atoms with van der Waals surface area (Å²) in [5.74, 6) is 0. The van der Waals surface area contributed by atoms with Crippen LogP contribution < -0.4 is 0 Å². The van der Waals surface area contributed by atoms with Gasteiger partial charge < -0.3 is 4.90 Å². The number of benzene rings is 1. The molecular formula is C13H16N2. The first-order chi connectivity index (χ1) is 7.24. The Morgan fingerprint density at radius 3 is 2.67 bits per heavy atom. The molecule has 15 heavy (non-hydrogen) atoms. The molecule has 0 spiro atoms. The molecule has 78 valence electrons. The van der Waals surface area contributed by atoms with Gasteiger partial charge >= 0.3 is 0 Å². The van der Waals surface area contributed by atoms with Crippen LogP contribution in [0.5, 0.6) is 0 Å². The topological polar surface area (TPSA) is 27.0 Å². The molecule has 0 radical (unpaired) electrons. The van der Waals surface area contributed by atoms with Crippen molar-refractivity contribution in [3.8, 4) is 6.07 Å². The highest BCUT2D eigenvalue weighted by atomic mass is 15.1. The Bertz CT molecular complexity index is 366. The lowest BCUT2D eigenvalue weighted by Gasteiger charge is -2.20. The third-order valence-electron chi connectivity index (χ3n) is 3.17. The lowest BCUT2D eigenvalue weighted by atomic mass is 9.82. The molecule has 1 saturated heterocycles. The van der Waals surface area contributed by atoms with Crippen molar-refractivity contribution >= 4 is 0 Å². The van der Waals surface area contributed by atoms with Crippen LogP contribution in [0.3, 0.4) is 0 Å². The lowest BCUT2D eigenvalue weighted by molar-refractivity contribution is 0.351. The molecule has 1 aromatic rings. The maximum absolute atomic E-state index is 9.32. The number of likely N-dealkylation sites (tertiary alicyclic amines) is 1. The van der Waals surface area contributed by atoms with Gasteiger partial charge in [0.05, 0.1) is 11.5 Å². The van der Waals surface area contributed by atoms with E-state index in [0.29, 0.717) is 0 Å². The summed E-state index contributed by atoms with van der Waals surface area (Å²) in [6.07, 6.45) is 1.88. The molecule has 0 saturated carbocycles. The fourth-order valence-electron chi connectivity index (χ4n) is 2.34. The van der Waals surface area contributed by atoms with Crippen molar-refractivity contribution in [2.75, 3.05) is 20.1 Å². The Hall–Kier alpha value is -1.33. The molecule has 0 aromatic heterocycles. The van der Waals surface area contributed by atoms with Gasteiger partial charge in [-0.25, -0.2) is 0 Å². The summed E-state index contributed by atoms with van der Waals surface area (Å²) in [6.45, 7) is 1.94. The van der Waals surface area contributed by atoms with Crippen LogP contribution in [0.2, 0.25) is 0 Å². The molecule has 2 nitrogen and oxygen atoms in total. The molecule has 1 heterocycles. The molecule has 0 aliphatic carbocycles. The van der Waals surface area contributed by atoms with Gasteiger partial charge in [-0.15, -0.1) is 0 Å². The Kier molecular flexibility index (Phi) is 2.75. The molecule has 2 rings (SSSR count). The van der Waals surface area contributed by atoms with E-state index in [1.807, 2.05) is 18.2 Å². The van der Waals surface area contributed by atoms with Crippen LogP contribution in [0.4, 0.5) is 0 Å². The SMILES string of the molecule is CN1CCC(C#N)(Cc2ccccc2)C1. The van der Waals surface area contributed by atoms with E-state index in [2.05, 4.69) is 30.1 Å². The Morgan fingerprint density at radius 1 is 1.40 bits per heavy atom. The van der Waals surface area contributed by atoms with E-state index in [9.17, 15) is 5.26 Å². The van der Waals surface area contributed by atoms with Crippen LogP contribution in [-0.2, 0) is 6.42 Å². The van der Waals surface area contributed by atoms with Crippen molar-refractivity contribution in [2.45, 2.75) is 12.8 Å². The summed E-state index contributed by atoms with van der Waals surface area (Å²) in [4.78, 5) is 2.24. The number of hydrogen-bond donors (Lipinski definition) is 0. The monoisotopic (exact) mass is 200 g/mol. The van der Waals surface area contributed by atoms with Crippen LogP contribution in [0.25, 0.3) is 0 Å². The van der Waals surface area contributed by atoms with E-state index < -0.39 is 0 Å². The van der Waals surface area contributed by atoms with Gasteiger partial charge in [0.15, 0.2) is 0 Å². The van der Waals surface area contributed by atoms with Gasteiger partial charge in [0.2, 0.25) is 0 Å². The number of nitriles is 1. The quantitative estimate of drug-likeness (QED) is 0.730. The molecule has 2 heteroatoms. The Morgan fingerprint density at radius 2 is 2.13 bits per heavy atom. The summed E-state index contributed by atoms with van der Waals surface area (Å²) in [7, 11) is 2.09. The summed E-state index contributed by atoms with van der Waals surface area (Å²) in [6, 6.07) is 12.8. The Labute approximate surface area is 91.1 Å².